The van der Waals surface area contributed by atoms with Crippen molar-refractivity contribution in [1.29, 1.82) is 0 Å². The standard InChI is InChI=1S/C16H14F2O2/c1-20-14-9-7-12(8-10-14)11-16(17,18)15(19)13-5-3-2-4-6-13/h2-10H,11H2,1H3. The summed E-state index contributed by atoms with van der Waals surface area (Å²) in [7, 11) is 1.50. The minimum absolute atomic E-state index is 0.0195. The van der Waals surface area contributed by atoms with Gasteiger partial charge in [-0.25, -0.2) is 0 Å². The van der Waals surface area contributed by atoms with Crippen molar-refractivity contribution in [1.82, 2.24) is 0 Å². The van der Waals surface area contributed by atoms with Crippen LogP contribution in [-0.4, -0.2) is 18.8 Å². The first-order chi connectivity index (χ1) is 9.53. The first kappa shape index (κ1) is 14.2. The van der Waals surface area contributed by atoms with Gasteiger partial charge in [-0.3, -0.25) is 4.79 Å². The Morgan fingerprint density at radius 3 is 2.20 bits per heavy atom. The van der Waals surface area contributed by atoms with Crippen molar-refractivity contribution in [2.45, 2.75) is 12.3 Å². The van der Waals surface area contributed by atoms with Gasteiger partial charge in [-0.15, -0.1) is 0 Å². The molecule has 0 aliphatic rings. The maximum Gasteiger partial charge on any atom is 0.313 e. The molecule has 0 atom stereocenters. The van der Waals surface area contributed by atoms with Crippen molar-refractivity contribution in [3.05, 3.63) is 65.7 Å². The number of ether oxygens (including phenoxy) is 1. The number of Topliss-reactive ketones (excluding diaryl/α,β-unsaturated/α-hetero) is 1. The summed E-state index contributed by atoms with van der Waals surface area (Å²) in [5, 5.41) is 0. The van der Waals surface area contributed by atoms with Gasteiger partial charge < -0.3 is 4.74 Å². The van der Waals surface area contributed by atoms with Gasteiger partial charge in [-0.1, -0.05) is 42.5 Å². The molecule has 0 aromatic heterocycles. The molecule has 2 aromatic rings. The van der Waals surface area contributed by atoms with Crippen LogP contribution in [-0.2, 0) is 6.42 Å². The van der Waals surface area contributed by atoms with Crippen molar-refractivity contribution in [3.63, 3.8) is 0 Å². The number of carbonyl (C=O) groups excluding carboxylic acids is 1. The second-order valence-corrected chi connectivity index (χ2v) is 4.42. The Balaban J connectivity index is 2.15. The van der Waals surface area contributed by atoms with Crippen LogP contribution in [0.1, 0.15) is 15.9 Å². The summed E-state index contributed by atoms with van der Waals surface area (Å²) in [5.74, 6) is -3.99. The van der Waals surface area contributed by atoms with Crippen LogP contribution in [0.2, 0.25) is 0 Å². The molecule has 0 saturated heterocycles. The van der Waals surface area contributed by atoms with Gasteiger partial charge in [0.1, 0.15) is 5.75 Å². The number of methoxy groups -OCH3 is 1. The van der Waals surface area contributed by atoms with E-state index in [0.29, 0.717) is 11.3 Å². The highest BCUT2D eigenvalue weighted by Gasteiger charge is 2.39. The van der Waals surface area contributed by atoms with Gasteiger partial charge in [0, 0.05) is 12.0 Å². The Labute approximate surface area is 116 Å². The molecular weight excluding hydrogens is 262 g/mol. The van der Waals surface area contributed by atoms with Crippen LogP contribution in [0.4, 0.5) is 8.78 Å². The molecule has 0 heterocycles. The highest BCUT2D eigenvalue weighted by atomic mass is 19.3. The fourth-order valence-corrected chi connectivity index (χ4v) is 1.88. The predicted molar refractivity (Wildman–Crippen MR) is 72.4 cm³/mol. The molecule has 20 heavy (non-hydrogen) atoms. The van der Waals surface area contributed by atoms with Gasteiger partial charge in [-0.05, 0) is 17.7 Å². The van der Waals surface area contributed by atoms with Crippen molar-refractivity contribution >= 4 is 5.78 Å². The molecule has 104 valence electrons. The summed E-state index contributed by atoms with van der Waals surface area (Å²) >= 11 is 0. The van der Waals surface area contributed by atoms with E-state index in [1.807, 2.05) is 0 Å². The summed E-state index contributed by atoms with van der Waals surface area (Å²) in [6.07, 6.45) is -0.620. The normalized spacial score (nSPS) is 11.2. The molecule has 0 bridgehead atoms. The van der Waals surface area contributed by atoms with E-state index < -0.39 is 18.1 Å². The van der Waals surface area contributed by atoms with E-state index in [-0.39, 0.29) is 5.56 Å². The lowest BCUT2D eigenvalue weighted by atomic mass is 9.99. The van der Waals surface area contributed by atoms with E-state index in [1.54, 1.807) is 30.3 Å². The third-order valence-electron chi connectivity index (χ3n) is 2.95. The van der Waals surface area contributed by atoms with Crippen LogP contribution in [0.5, 0.6) is 5.75 Å². The van der Waals surface area contributed by atoms with Gasteiger partial charge in [0.05, 0.1) is 7.11 Å². The molecule has 0 aliphatic heterocycles. The van der Waals surface area contributed by atoms with Crippen LogP contribution < -0.4 is 4.74 Å². The molecule has 0 N–H and O–H groups in total. The Morgan fingerprint density at radius 2 is 1.65 bits per heavy atom. The maximum absolute atomic E-state index is 14.0. The van der Waals surface area contributed by atoms with Gasteiger partial charge in [0.25, 0.3) is 0 Å². The van der Waals surface area contributed by atoms with Crippen molar-refractivity contribution in [2.75, 3.05) is 7.11 Å². The molecule has 0 saturated carbocycles. The Hall–Kier alpha value is -2.23. The van der Waals surface area contributed by atoms with Crippen LogP contribution in [0, 0.1) is 0 Å². The largest absolute Gasteiger partial charge is 0.497 e. The van der Waals surface area contributed by atoms with Gasteiger partial charge in [0.15, 0.2) is 0 Å². The Morgan fingerprint density at radius 1 is 1.05 bits per heavy atom. The third kappa shape index (κ3) is 3.20. The monoisotopic (exact) mass is 276 g/mol. The number of hydrogen-bond donors (Lipinski definition) is 0. The van der Waals surface area contributed by atoms with Crippen LogP contribution in [0.15, 0.2) is 54.6 Å². The number of halogens is 2. The topological polar surface area (TPSA) is 26.3 Å². The Kier molecular flexibility index (Phi) is 4.13. The molecule has 0 fully saturated rings. The van der Waals surface area contributed by atoms with Crippen LogP contribution >= 0.6 is 0 Å². The van der Waals surface area contributed by atoms with E-state index in [0.717, 1.165) is 0 Å². The second-order valence-electron chi connectivity index (χ2n) is 4.42. The summed E-state index contributed by atoms with van der Waals surface area (Å²) in [6.45, 7) is 0. The highest BCUT2D eigenvalue weighted by Crippen LogP contribution is 2.26. The molecule has 2 aromatic carbocycles. The van der Waals surface area contributed by atoms with Crippen molar-refractivity contribution < 1.29 is 18.3 Å². The van der Waals surface area contributed by atoms with Crippen LogP contribution in [0.25, 0.3) is 0 Å². The average molecular weight is 276 g/mol. The smallest absolute Gasteiger partial charge is 0.313 e. The quantitative estimate of drug-likeness (QED) is 0.777. The number of benzene rings is 2. The van der Waals surface area contributed by atoms with Gasteiger partial charge in [-0.2, -0.15) is 8.78 Å². The van der Waals surface area contributed by atoms with Crippen molar-refractivity contribution in [3.8, 4) is 5.75 Å². The molecule has 0 spiro atoms. The number of ketones is 1. The van der Waals surface area contributed by atoms with Crippen molar-refractivity contribution in [2.24, 2.45) is 0 Å². The van der Waals surface area contributed by atoms with Crippen LogP contribution in [0.3, 0.4) is 0 Å². The zero-order valence-electron chi connectivity index (χ0n) is 11.0. The molecule has 0 radical (unpaired) electrons. The number of carbonyl (C=O) groups is 1. The summed E-state index contributed by atoms with van der Waals surface area (Å²) in [5.41, 5.74) is 0.408. The number of rotatable bonds is 5. The number of alkyl halides is 2. The van der Waals surface area contributed by atoms with E-state index in [1.165, 1.54) is 31.4 Å². The van der Waals surface area contributed by atoms with E-state index in [4.69, 9.17) is 4.74 Å². The minimum atomic E-state index is -3.42. The minimum Gasteiger partial charge on any atom is -0.497 e. The van der Waals surface area contributed by atoms with E-state index in [9.17, 15) is 13.6 Å². The maximum atomic E-state index is 14.0. The average Bonchev–Trinajstić information content (AvgIpc) is 2.48. The molecule has 0 amide bonds. The van der Waals surface area contributed by atoms with Gasteiger partial charge >= 0.3 is 5.92 Å². The summed E-state index contributed by atoms with van der Waals surface area (Å²) in [4.78, 5) is 11.8. The zero-order valence-corrected chi connectivity index (χ0v) is 11.0. The lowest BCUT2D eigenvalue weighted by Crippen LogP contribution is -2.31. The SMILES string of the molecule is COc1ccc(CC(F)(F)C(=O)c2ccccc2)cc1. The fourth-order valence-electron chi connectivity index (χ4n) is 1.88. The highest BCUT2D eigenvalue weighted by molar-refractivity contribution is 6.01. The second kappa shape index (κ2) is 5.82. The molecule has 4 heteroatoms. The summed E-state index contributed by atoms with van der Waals surface area (Å²) in [6, 6.07) is 13.9. The molecule has 0 aliphatic carbocycles. The molecule has 2 nitrogen and oxygen atoms in total. The first-order valence-electron chi connectivity index (χ1n) is 6.13. The lowest BCUT2D eigenvalue weighted by Gasteiger charge is -2.15. The van der Waals surface area contributed by atoms with Gasteiger partial charge in [0.2, 0.25) is 5.78 Å². The third-order valence-corrected chi connectivity index (χ3v) is 2.95. The zero-order chi connectivity index (χ0) is 14.6. The van der Waals surface area contributed by atoms with E-state index >= 15 is 0 Å². The predicted octanol–water partition coefficient (Wildman–Crippen LogP) is 3.76. The lowest BCUT2D eigenvalue weighted by molar-refractivity contribution is 0.0106. The Bertz CT molecular complexity index is 577. The number of hydrogen-bond acceptors (Lipinski definition) is 2. The fraction of sp³-hybridized carbons (Fsp3) is 0.188. The molecular formula is C16H14F2O2. The molecule has 0 unspecified atom stereocenters. The first-order valence-corrected chi connectivity index (χ1v) is 6.13. The van der Waals surface area contributed by atoms with E-state index in [2.05, 4.69) is 0 Å². The summed E-state index contributed by atoms with van der Waals surface area (Å²) < 4.78 is 32.9. The molecule has 2 rings (SSSR count).